The van der Waals surface area contributed by atoms with E-state index in [1.165, 1.54) is 0 Å². The second kappa shape index (κ2) is 4.49. The predicted molar refractivity (Wildman–Crippen MR) is 59.7 cm³/mol. The van der Waals surface area contributed by atoms with Crippen molar-refractivity contribution in [2.75, 3.05) is 6.54 Å². The summed E-state index contributed by atoms with van der Waals surface area (Å²) in [5.74, 6) is 0. The number of rotatable bonds is 3. The van der Waals surface area contributed by atoms with E-state index in [2.05, 4.69) is 0 Å². The highest BCUT2D eigenvalue weighted by molar-refractivity contribution is 6.33. The molecule has 1 rings (SSSR count). The third-order valence-electron chi connectivity index (χ3n) is 2.35. The van der Waals surface area contributed by atoms with E-state index >= 15 is 0 Å². The van der Waals surface area contributed by atoms with Gasteiger partial charge >= 0.3 is 0 Å². The van der Waals surface area contributed by atoms with Crippen molar-refractivity contribution in [3.05, 3.63) is 33.8 Å². The summed E-state index contributed by atoms with van der Waals surface area (Å²) in [6.07, 6.45) is 0.504. The maximum absolute atomic E-state index is 10.1. The minimum atomic E-state index is -1.08. The average Bonchev–Trinajstić information content (AvgIpc) is 2.20. The van der Waals surface area contributed by atoms with E-state index in [9.17, 15) is 5.11 Å². The first kappa shape index (κ1) is 11.8. The molecule has 1 aromatic carbocycles. The summed E-state index contributed by atoms with van der Waals surface area (Å²) < 4.78 is 0. The van der Waals surface area contributed by atoms with Crippen molar-refractivity contribution < 1.29 is 5.11 Å². The Balaban J connectivity index is 3.22. The summed E-state index contributed by atoms with van der Waals surface area (Å²) in [5.41, 5.74) is 5.03. The number of aliphatic hydroxyl groups is 1. The molecule has 0 fully saturated rings. The van der Waals surface area contributed by atoms with Crippen LogP contribution in [-0.2, 0) is 5.60 Å². The molecule has 0 spiro atoms. The lowest BCUT2D eigenvalue weighted by molar-refractivity contribution is 0.0420. The van der Waals surface area contributed by atoms with Gasteiger partial charge in [0.15, 0.2) is 0 Å². The zero-order valence-electron chi connectivity index (χ0n) is 7.93. The zero-order valence-corrected chi connectivity index (χ0v) is 9.44. The van der Waals surface area contributed by atoms with Gasteiger partial charge in [-0.2, -0.15) is 0 Å². The standard InChI is InChI=1S/C10H13Cl2NO/c1-2-10(14,6-13)8-5-7(11)3-4-9(8)12/h3-5,14H,2,6,13H2,1H3. The van der Waals surface area contributed by atoms with Crippen molar-refractivity contribution in [2.45, 2.75) is 18.9 Å². The third kappa shape index (κ3) is 2.20. The van der Waals surface area contributed by atoms with Crippen LogP contribution in [-0.4, -0.2) is 11.7 Å². The third-order valence-corrected chi connectivity index (χ3v) is 2.92. The van der Waals surface area contributed by atoms with Crippen LogP contribution in [0.15, 0.2) is 18.2 Å². The van der Waals surface area contributed by atoms with E-state index in [-0.39, 0.29) is 6.54 Å². The first-order valence-electron chi connectivity index (χ1n) is 4.41. The Hall–Kier alpha value is -0.280. The molecule has 0 aliphatic carbocycles. The van der Waals surface area contributed by atoms with Gasteiger partial charge < -0.3 is 10.8 Å². The molecule has 0 aliphatic heterocycles. The molecular formula is C10H13Cl2NO. The summed E-state index contributed by atoms with van der Waals surface area (Å²) in [6.45, 7) is 1.98. The Morgan fingerprint density at radius 3 is 2.57 bits per heavy atom. The van der Waals surface area contributed by atoms with E-state index < -0.39 is 5.60 Å². The molecule has 3 N–H and O–H groups in total. The largest absolute Gasteiger partial charge is 0.384 e. The summed E-state index contributed by atoms with van der Waals surface area (Å²) in [7, 11) is 0. The lowest BCUT2D eigenvalue weighted by Crippen LogP contribution is -2.34. The number of benzene rings is 1. The van der Waals surface area contributed by atoms with Crippen LogP contribution in [0.4, 0.5) is 0 Å². The van der Waals surface area contributed by atoms with E-state index in [0.717, 1.165) is 0 Å². The number of halogens is 2. The fourth-order valence-corrected chi connectivity index (χ4v) is 1.76. The molecule has 1 aromatic rings. The van der Waals surface area contributed by atoms with Gasteiger partial charge in [-0.3, -0.25) is 0 Å². The normalized spacial score (nSPS) is 15.2. The Bertz CT molecular complexity index is 324. The maximum atomic E-state index is 10.1. The molecule has 0 bridgehead atoms. The topological polar surface area (TPSA) is 46.2 Å². The van der Waals surface area contributed by atoms with E-state index in [4.69, 9.17) is 28.9 Å². The summed E-state index contributed by atoms with van der Waals surface area (Å²) >= 11 is 11.8. The van der Waals surface area contributed by atoms with Gasteiger partial charge in [-0.1, -0.05) is 30.1 Å². The van der Waals surface area contributed by atoms with E-state index in [0.29, 0.717) is 22.0 Å². The molecule has 0 saturated carbocycles. The molecule has 0 amide bonds. The van der Waals surface area contributed by atoms with Crippen molar-refractivity contribution in [3.8, 4) is 0 Å². The first-order chi connectivity index (χ1) is 6.53. The van der Waals surface area contributed by atoms with Gasteiger partial charge in [0, 0.05) is 22.2 Å². The van der Waals surface area contributed by atoms with Crippen LogP contribution in [0.2, 0.25) is 10.0 Å². The van der Waals surface area contributed by atoms with Crippen molar-refractivity contribution >= 4 is 23.2 Å². The van der Waals surface area contributed by atoms with Crippen LogP contribution >= 0.6 is 23.2 Å². The minimum absolute atomic E-state index is 0.129. The van der Waals surface area contributed by atoms with Crippen molar-refractivity contribution in [1.82, 2.24) is 0 Å². The molecule has 1 atom stereocenters. The van der Waals surface area contributed by atoms with Gasteiger partial charge in [-0.25, -0.2) is 0 Å². The molecule has 78 valence electrons. The van der Waals surface area contributed by atoms with Crippen molar-refractivity contribution in [3.63, 3.8) is 0 Å². The first-order valence-corrected chi connectivity index (χ1v) is 5.17. The van der Waals surface area contributed by atoms with E-state index in [1.54, 1.807) is 18.2 Å². The van der Waals surface area contributed by atoms with Gasteiger partial charge in [0.05, 0.1) is 0 Å². The minimum Gasteiger partial charge on any atom is -0.384 e. The Morgan fingerprint density at radius 2 is 2.07 bits per heavy atom. The van der Waals surface area contributed by atoms with Crippen LogP contribution in [0, 0.1) is 0 Å². The predicted octanol–water partition coefficient (Wildman–Crippen LogP) is 2.55. The highest BCUT2D eigenvalue weighted by Gasteiger charge is 2.27. The van der Waals surface area contributed by atoms with Crippen molar-refractivity contribution in [2.24, 2.45) is 5.73 Å². The molecular weight excluding hydrogens is 221 g/mol. The summed E-state index contributed by atoms with van der Waals surface area (Å²) in [6, 6.07) is 5.00. The van der Waals surface area contributed by atoms with Crippen LogP contribution < -0.4 is 5.73 Å². The number of hydrogen-bond donors (Lipinski definition) is 2. The zero-order chi connectivity index (χ0) is 10.8. The molecule has 0 saturated heterocycles. The average molecular weight is 234 g/mol. The second-order valence-corrected chi connectivity index (χ2v) is 4.06. The monoisotopic (exact) mass is 233 g/mol. The molecule has 0 aromatic heterocycles. The Morgan fingerprint density at radius 1 is 1.43 bits per heavy atom. The van der Waals surface area contributed by atoms with Gasteiger partial charge in [0.1, 0.15) is 5.60 Å². The molecule has 14 heavy (non-hydrogen) atoms. The summed E-state index contributed by atoms with van der Waals surface area (Å²) in [4.78, 5) is 0. The molecule has 0 aliphatic rings. The Kier molecular flexibility index (Phi) is 3.78. The van der Waals surface area contributed by atoms with Crippen LogP contribution in [0.5, 0.6) is 0 Å². The van der Waals surface area contributed by atoms with Crippen LogP contribution in [0.1, 0.15) is 18.9 Å². The fourth-order valence-electron chi connectivity index (χ4n) is 1.30. The fraction of sp³-hybridized carbons (Fsp3) is 0.400. The molecule has 0 radical (unpaired) electrons. The maximum Gasteiger partial charge on any atom is 0.103 e. The smallest absolute Gasteiger partial charge is 0.103 e. The molecule has 1 unspecified atom stereocenters. The Labute approximate surface area is 93.6 Å². The molecule has 0 heterocycles. The van der Waals surface area contributed by atoms with Gasteiger partial charge in [-0.05, 0) is 24.6 Å². The van der Waals surface area contributed by atoms with Crippen molar-refractivity contribution in [1.29, 1.82) is 0 Å². The van der Waals surface area contributed by atoms with Gasteiger partial charge in [-0.15, -0.1) is 0 Å². The van der Waals surface area contributed by atoms with Gasteiger partial charge in [0.2, 0.25) is 0 Å². The lowest BCUT2D eigenvalue weighted by Gasteiger charge is -2.26. The lowest BCUT2D eigenvalue weighted by atomic mass is 9.91. The quantitative estimate of drug-likeness (QED) is 0.844. The molecule has 4 heteroatoms. The van der Waals surface area contributed by atoms with E-state index in [1.807, 2.05) is 6.92 Å². The number of hydrogen-bond acceptors (Lipinski definition) is 2. The van der Waals surface area contributed by atoms with Crippen LogP contribution in [0.3, 0.4) is 0 Å². The SMILES string of the molecule is CCC(O)(CN)c1cc(Cl)ccc1Cl. The number of nitrogens with two attached hydrogens (primary N) is 1. The second-order valence-electron chi connectivity index (χ2n) is 3.21. The molecule has 2 nitrogen and oxygen atoms in total. The highest BCUT2D eigenvalue weighted by atomic mass is 35.5. The van der Waals surface area contributed by atoms with Gasteiger partial charge in [0.25, 0.3) is 0 Å². The van der Waals surface area contributed by atoms with Crippen LogP contribution in [0.25, 0.3) is 0 Å². The summed E-state index contributed by atoms with van der Waals surface area (Å²) in [5, 5.41) is 11.2. The highest BCUT2D eigenvalue weighted by Crippen LogP contribution is 2.32.